The molecule has 0 radical (unpaired) electrons. The lowest BCUT2D eigenvalue weighted by Crippen LogP contribution is -2.30. The first-order valence-electron chi connectivity index (χ1n) is 22.6. The van der Waals surface area contributed by atoms with E-state index in [1.807, 2.05) is 97.1 Å². The number of benzene rings is 6. The van der Waals surface area contributed by atoms with Gasteiger partial charge in [-0.2, -0.15) is 0 Å². The van der Waals surface area contributed by atoms with E-state index in [4.69, 9.17) is 42.1 Å². The zero-order valence-corrected chi connectivity index (χ0v) is 39.2. The second kappa shape index (κ2) is 17.1. The molecule has 12 rings (SSSR count). The van der Waals surface area contributed by atoms with Crippen LogP contribution >= 0.6 is 23.2 Å². The molecule has 6 aromatic carbocycles. The van der Waals surface area contributed by atoms with E-state index in [2.05, 4.69) is 0 Å². The molecule has 2 aliphatic carbocycles. The van der Waals surface area contributed by atoms with E-state index in [1.165, 1.54) is 24.0 Å². The highest BCUT2D eigenvalue weighted by atomic mass is 35.5. The predicted octanol–water partition coefficient (Wildman–Crippen LogP) is 10.4. The van der Waals surface area contributed by atoms with Crippen LogP contribution in [0.3, 0.4) is 0 Å². The Kier molecular flexibility index (Phi) is 10.9. The van der Waals surface area contributed by atoms with E-state index in [0.717, 1.165) is 33.6 Å². The summed E-state index contributed by atoms with van der Waals surface area (Å²) in [5.74, 6) is -1.18. The van der Waals surface area contributed by atoms with E-state index in [9.17, 15) is 28.8 Å². The van der Waals surface area contributed by atoms with Crippen molar-refractivity contribution < 1.29 is 47.7 Å². The van der Waals surface area contributed by atoms with Crippen molar-refractivity contribution in [3.05, 3.63) is 177 Å². The van der Waals surface area contributed by atoms with Gasteiger partial charge in [-0.15, -0.1) is 0 Å². The lowest BCUT2D eigenvalue weighted by Gasteiger charge is -2.22. The largest absolute Gasteiger partial charge is 0.465 e. The minimum atomic E-state index is -0.682. The number of anilines is 6. The topological polar surface area (TPSA) is 152 Å². The molecule has 14 nitrogen and oxygen atoms in total. The summed E-state index contributed by atoms with van der Waals surface area (Å²) in [5.41, 5.74) is 6.64. The monoisotopic (exact) mass is 976 g/mol. The maximum atomic E-state index is 14.1. The van der Waals surface area contributed by atoms with E-state index in [1.54, 1.807) is 46.2 Å². The van der Waals surface area contributed by atoms with Gasteiger partial charge in [-0.25, -0.2) is 19.2 Å². The van der Waals surface area contributed by atoms with Gasteiger partial charge in [0.15, 0.2) is 0 Å². The van der Waals surface area contributed by atoms with Crippen molar-refractivity contribution in [2.24, 2.45) is 0 Å². The molecule has 16 heteroatoms. The fourth-order valence-electron chi connectivity index (χ4n) is 10.7. The van der Waals surface area contributed by atoms with Crippen molar-refractivity contribution >= 4 is 93.3 Å². The Balaban J connectivity index is 0.000000152. The number of halogens is 2. The van der Waals surface area contributed by atoms with Gasteiger partial charge in [0.2, 0.25) is 11.8 Å². The van der Waals surface area contributed by atoms with Gasteiger partial charge < -0.3 is 18.9 Å². The number of methoxy groups -OCH3 is 2. The summed E-state index contributed by atoms with van der Waals surface area (Å²) in [6, 6.07) is 40.6. The zero-order valence-electron chi connectivity index (χ0n) is 37.7. The summed E-state index contributed by atoms with van der Waals surface area (Å²) < 4.78 is 20.1. The number of esters is 2. The van der Waals surface area contributed by atoms with Crippen LogP contribution in [0.5, 0.6) is 0 Å². The maximum Gasteiger partial charge on any atom is 0.414 e. The van der Waals surface area contributed by atoms with Gasteiger partial charge in [-0.05, 0) is 108 Å². The Labute approximate surface area is 411 Å². The van der Waals surface area contributed by atoms with Crippen LogP contribution in [0, 0.1) is 0 Å². The molecule has 0 bridgehead atoms. The molecule has 4 atom stereocenters. The van der Waals surface area contributed by atoms with Gasteiger partial charge in [0.25, 0.3) is 0 Å². The van der Waals surface area contributed by atoms with Gasteiger partial charge in [0.05, 0.1) is 83.4 Å². The number of amides is 4. The second-order valence-corrected chi connectivity index (χ2v) is 18.7. The smallest absolute Gasteiger partial charge is 0.414 e. The van der Waals surface area contributed by atoms with Gasteiger partial charge in [0.1, 0.15) is 13.2 Å². The Morgan fingerprint density at radius 3 is 1.26 bits per heavy atom. The third-order valence-electron chi connectivity index (χ3n) is 14.2. The number of nitrogens with zero attached hydrogens (tertiary/aromatic N) is 4. The van der Waals surface area contributed by atoms with Crippen molar-refractivity contribution in [1.29, 1.82) is 0 Å². The van der Waals surface area contributed by atoms with Gasteiger partial charge in [-0.3, -0.25) is 29.2 Å². The first-order chi connectivity index (χ1) is 33.9. The van der Waals surface area contributed by atoms with E-state index in [0.29, 0.717) is 58.7 Å². The summed E-state index contributed by atoms with van der Waals surface area (Å²) in [7, 11) is 2.59. The average Bonchev–Trinajstić information content (AvgIpc) is 4.12. The molecule has 0 N–H and O–H groups in total. The molecule has 0 aromatic heterocycles. The third kappa shape index (κ3) is 7.15. The minimum Gasteiger partial charge on any atom is -0.465 e. The molecule has 4 heterocycles. The van der Waals surface area contributed by atoms with Gasteiger partial charge >= 0.3 is 24.1 Å². The summed E-state index contributed by atoms with van der Waals surface area (Å²) in [5, 5.41) is 1.30. The highest BCUT2D eigenvalue weighted by molar-refractivity contribution is 6.31. The van der Waals surface area contributed by atoms with Crippen LogP contribution in [-0.4, -0.2) is 76.5 Å². The zero-order chi connectivity index (χ0) is 48.6. The maximum absolute atomic E-state index is 14.1. The number of carbonyl (C=O) groups is 6. The lowest BCUT2D eigenvalue weighted by atomic mass is 9.92. The normalized spacial score (nSPS) is 22.4. The highest BCUT2D eigenvalue weighted by Gasteiger charge is 2.68. The molecule has 352 valence electrons. The quantitative estimate of drug-likeness (QED) is 0.106. The first kappa shape index (κ1) is 44.8. The van der Waals surface area contributed by atoms with Crippen molar-refractivity contribution in [3.63, 3.8) is 0 Å². The molecule has 2 saturated carbocycles. The molecule has 4 aliphatic heterocycles. The van der Waals surface area contributed by atoms with E-state index in [-0.39, 0.29) is 48.0 Å². The molecular weight excluding hydrogens is 936 g/mol. The van der Waals surface area contributed by atoms with E-state index >= 15 is 0 Å². The second-order valence-electron chi connectivity index (χ2n) is 17.9. The molecule has 2 spiro atoms. The van der Waals surface area contributed by atoms with Crippen LogP contribution in [-0.2, 0) is 39.4 Å². The molecule has 6 aromatic rings. The molecular formula is C54H42Cl2N4O10. The fraction of sp³-hybridized carbons (Fsp3) is 0.222. The summed E-state index contributed by atoms with van der Waals surface area (Å²) in [4.78, 5) is 83.9. The van der Waals surface area contributed by atoms with Crippen molar-refractivity contribution in [2.75, 3.05) is 60.1 Å². The first-order valence-corrected chi connectivity index (χ1v) is 23.4. The number of para-hydroxylation sites is 2. The van der Waals surface area contributed by atoms with Crippen LogP contribution in [0.2, 0.25) is 10.0 Å². The number of rotatable bonds is 8. The number of hydrogen-bond donors (Lipinski definition) is 0. The van der Waals surface area contributed by atoms with Gasteiger partial charge in [-0.1, -0.05) is 83.9 Å². The molecule has 0 unspecified atom stereocenters. The Morgan fingerprint density at radius 2 is 0.900 bits per heavy atom. The van der Waals surface area contributed by atoms with Crippen molar-refractivity contribution in [3.8, 4) is 0 Å². The standard InChI is InChI=1S/2C27H21ClN2O5/c2*1-34-24(31)17-12-19(29-10-11-35-26(29)33)14-20(13-17)30-23-5-3-2-4-21(23)27(25(30)32)15-22(27)16-6-8-18(28)9-7-16/h2*2-9,12-14,22H,10-11,15H2,1H3/t2*22-,27+/m10/s1. The average molecular weight is 978 g/mol. The number of fused-ring (bicyclic) bond motifs is 4. The van der Waals surface area contributed by atoms with Crippen molar-refractivity contribution in [2.45, 2.75) is 35.5 Å². The minimum absolute atomic E-state index is 0.0234. The summed E-state index contributed by atoms with van der Waals surface area (Å²) in [6.07, 6.45) is 0.381. The number of cyclic esters (lactones) is 2. The molecule has 4 amide bonds. The fourth-order valence-corrected chi connectivity index (χ4v) is 11.0. The van der Waals surface area contributed by atoms with E-state index < -0.39 is 35.0 Å². The predicted molar refractivity (Wildman–Crippen MR) is 261 cm³/mol. The lowest BCUT2D eigenvalue weighted by molar-refractivity contribution is -0.120. The van der Waals surface area contributed by atoms with Crippen LogP contribution in [0.25, 0.3) is 0 Å². The van der Waals surface area contributed by atoms with Crippen LogP contribution in [0.15, 0.2) is 133 Å². The SMILES string of the molecule is COC(=O)c1cc(N2CCOC2=O)cc(N2C(=O)[C@@]3(C[C@@H]3c3ccc(Cl)cc3)c3ccccc32)c1.COC(=O)c1cc(N2CCOC2=O)cc(N2C(=O)[C@]3(C[C@H]3c3ccc(Cl)cc3)c3ccccc32)c1. The highest BCUT2D eigenvalue weighted by Crippen LogP contribution is 2.68. The van der Waals surface area contributed by atoms with Crippen LogP contribution in [0.4, 0.5) is 43.7 Å². The Hall–Kier alpha value is -7.68. The van der Waals surface area contributed by atoms with Gasteiger partial charge in [0, 0.05) is 21.9 Å². The number of ether oxygens (including phenoxy) is 4. The van der Waals surface area contributed by atoms with Crippen LogP contribution in [0.1, 0.15) is 67.6 Å². The van der Waals surface area contributed by atoms with Crippen molar-refractivity contribution in [1.82, 2.24) is 0 Å². The summed E-state index contributed by atoms with van der Waals surface area (Å²) in [6.45, 7) is 1.23. The number of hydrogen-bond acceptors (Lipinski definition) is 10. The molecule has 70 heavy (non-hydrogen) atoms. The molecule has 6 aliphatic rings. The summed E-state index contributed by atoms with van der Waals surface area (Å²) >= 11 is 12.2. The van der Waals surface area contributed by atoms with Crippen LogP contribution < -0.4 is 19.6 Å². The third-order valence-corrected chi connectivity index (χ3v) is 14.7. The molecule has 4 fully saturated rings. The Bertz CT molecular complexity index is 2990. The Morgan fingerprint density at radius 1 is 0.529 bits per heavy atom. The molecule has 2 saturated heterocycles. The number of carbonyl (C=O) groups excluding carboxylic acids is 6.